The van der Waals surface area contributed by atoms with Crippen molar-refractivity contribution in [1.82, 2.24) is 5.32 Å². The summed E-state index contributed by atoms with van der Waals surface area (Å²) in [6.45, 7) is 7.66. The van der Waals surface area contributed by atoms with Crippen molar-refractivity contribution in [2.24, 2.45) is 5.92 Å². The molecule has 0 radical (unpaired) electrons. The van der Waals surface area contributed by atoms with Gasteiger partial charge in [-0.1, -0.05) is 31.4 Å². The van der Waals surface area contributed by atoms with Crippen LogP contribution in [0.5, 0.6) is 0 Å². The number of hydrogen-bond acceptors (Lipinski definition) is 2. The lowest BCUT2D eigenvalue weighted by Gasteiger charge is -2.39. The van der Waals surface area contributed by atoms with Gasteiger partial charge in [-0.05, 0) is 32.6 Å². The monoisotopic (exact) mass is 211 g/mol. The van der Waals surface area contributed by atoms with Crippen molar-refractivity contribution >= 4 is 0 Å². The van der Waals surface area contributed by atoms with Gasteiger partial charge in [0.25, 0.3) is 0 Å². The van der Waals surface area contributed by atoms with Crippen molar-refractivity contribution in [2.75, 3.05) is 13.2 Å². The Morgan fingerprint density at radius 1 is 1.53 bits per heavy atom. The van der Waals surface area contributed by atoms with Gasteiger partial charge in [0.1, 0.15) is 0 Å². The van der Waals surface area contributed by atoms with E-state index < -0.39 is 0 Å². The zero-order valence-electron chi connectivity index (χ0n) is 10.3. The van der Waals surface area contributed by atoms with Crippen molar-refractivity contribution in [3.8, 4) is 0 Å². The summed E-state index contributed by atoms with van der Waals surface area (Å²) < 4.78 is 0. The topological polar surface area (TPSA) is 32.3 Å². The number of allylic oxidation sites excluding steroid dienone is 1. The molecule has 0 bridgehead atoms. The molecule has 0 aromatic carbocycles. The summed E-state index contributed by atoms with van der Waals surface area (Å²) in [6, 6.07) is 0. The number of rotatable bonds is 4. The van der Waals surface area contributed by atoms with Crippen LogP contribution in [0.1, 0.15) is 46.5 Å². The molecule has 1 fully saturated rings. The highest BCUT2D eigenvalue weighted by Crippen LogP contribution is 2.31. The first-order valence-electron chi connectivity index (χ1n) is 6.07. The second-order valence-corrected chi connectivity index (χ2v) is 5.30. The van der Waals surface area contributed by atoms with E-state index in [4.69, 9.17) is 0 Å². The third-order valence-corrected chi connectivity index (χ3v) is 3.38. The van der Waals surface area contributed by atoms with Crippen LogP contribution in [0.3, 0.4) is 0 Å². The smallest absolute Gasteiger partial charge is 0.0613 e. The molecule has 2 heteroatoms. The van der Waals surface area contributed by atoms with Gasteiger partial charge in [0.15, 0.2) is 0 Å². The van der Waals surface area contributed by atoms with Crippen molar-refractivity contribution in [3.05, 3.63) is 11.6 Å². The summed E-state index contributed by atoms with van der Waals surface area (Å²) in [7, 11) is 0. The van der Waals surface area contributed by atoms with E-state index in [0.717, 1.165) is 25.3 Å². The Morgan fingerprint density at radius 2 is 2.27 bits per heavy atom. The van der Waals surface area contributed by atoms with E-state index in [1.165, 1.54) is 18.4 Å². The zero-order chi connectivity index (χ0) is 11.3. The quantitative estimate of drug-likeness (QED) is 0.700. The van der Waals surface area contributed by atoms with Gasteiger partial charge >= 0.3 is 0 Å². The molecule has 0 aromatic heterocycles. The molecule has 0 spiro atoms. The number of aliphatic hydroxyl groups is 1. The molecular weight excluding hydrogens is 186 g/mol. The fourth-order valence-corrected chi connectivity index (χ4v) is 2.49. The number of aliphatic hydroxyl groups excluding tert-OH is 1. The normalized spacial score (nSPS) is 31.3. The molecule has 2 nitrogen and oxygen atoms in total. The largest absolute Gasteiger partial charge is 0.394 e. The van der Waals surface area contributed by atoms with Crippen LogP contribution < -0.4 is 5.32 Å². The first-order chi connectivity index (χ1) is 7.08. The maximum Gasteiger partial charge on any atom is 0.0613 e. The molecular formula is C13H25NO. The molecule has 2 N–H and O–H groups in total. The first-order valence-corrected chi connectivity index (χ1v) is 6.07. The van der Waals surface area contributed by atoms with Crippen molar-refractivity contribution < 1.29 is 5.11 Å². The van der Waals surface area contributed by atoms with Crippen LogP contribution in [0, 0.1) is 5.92 Å². The Bertz CT molecular complexity index is 221. The Hall–Kier alpha value is -0.340. The van der Waals surface area contributed by atoms with Gasteiger partial charge in [0.2, 0.25) is 0 Å². The lowest BCUT2D eigenvalue weighted by Crippen LogP contribution is -2.51. The fourth-order valence-electron chi connectivity index (χ4n) is 2.49. The highest BCUT2D eigenvalue weighted by atomic mass is 16.3. The van der Waals surface area contributed by atoms with Crippen LogP contribution in [-0.4, -0.2) is 23.8 Å². The summed E-state index contributed by atoms with van der Waals surface area (Å²) >= 11 is 0. The molecule has 0 saturated heterocycles. The van der Waals surface area contributed by atoms with Crippen LogP contribution >= 0.6 is 0 Å². The van der Waals surface area contributed by atoms with E-state index in [1.54, 1.807) is 0 Å². The summed E-state index contributed by atoms with van der Waals surface area (Å²) in [4.78, 5) is 0. The SMILES string of the molecule is CC(C)=CCNC1(CO)CCCC(C)C1. The van der Waals surface area contributed by atoms with E-state index in [9.17, 15) is 5.11 Å². The molecule has 2 unspecified atom stereocenters. The van der Waals surface area contributed by atoms with Gasteiger partial charge in [0.05, 0.1) is 6.61 Å². The molecule has 2 atom stereocenters. The summed E-state index contributed by atoms with van der Waals surface area (Å²) in [5, 5.41) is 13.1. The van der Waals surface area contributed by atoms with Crippen LogP contribution in [-0.2, 0) is 0 Å². The third kappa shape index (κ3) is 3.96. The molecule has 1 aliphatic carbocycles. The molecule has 1 rings (SSSR count). The molecule has 1 aliphatic rings. The molecule has 0 heterocycles. The Balaban J connectivity index is 2.48. The molecule has 1 saturated carbocycles. The number of nitrogens with one attached hydrogen (secondary N) is 1. The Morgan fingerprint density at radius 3 is 2.80 bits per heavy atom. The van der Waals surface area contributed by atoms with Gasteiger partial charge in [-0.15, -0.1) is 0 Å². The standard InChI is InChI=1S/C13H25NO/c1-11(2)6-8-14-13(10-15)7-4-5-12(3)9-13/h6,12,14-15H,4-5,7-10H2,1-3H3. The summed E-state index contributed by atoms with van der Waals surface area (Å²) in [5.74, 6) is 0.741. The second-order valence-electron chi connectivity index (χ2n) is 5.30. The minimum atomic E-state index is -0.0103. The van der Waals surface area contributed by atoms with E-state index in [0.29, 0.717) is 0 Å². The first kappa shape index (κ1) is 12.7. The van der Waals surface area contributed by atoms with Crippen molar-refractivity contribution in [3.63, 3.8) is 0 Å². The highest BCUT2D eigenvalue weighted by Gasteiger charge is 2.33. The Kier molecular flexibility index (Phi) is 4.81. The molecule has 0 amide bonds. The fraction of sp³-hybridized carbons (Fsp3) is 0.846. The number of hydrogen-bond donors (Lipinski definition) is 2. The minimum Gasteiger partial charge on any atom is -0.394 e. The predicted octanol–water partition coefficient (Wildman–Crippen LogP) is 2.48. The minimum absolute atomic E-state index is 0.0103. The van der Waals surface area contributed by atoms with Crippen LogP contribution in [0.4, 0.5) is 0 Å². The van der Waals surface area contributed by atoms with Crippen LogP contribution in [0.25, 0.3) is 0 Å². The molecule has 15 heavy (non-hydrogen) atoms. The average Bonchev–Trinajstić information content (AvgIpc) is 2.17. The Labute approximate surface area is 93.8 Å². The predicted molar refractivity (Wildman–Crippen MR) is 64.9 cm³/mol. The lowest BCUT2D eigenvalue weighted by molar-refractivity contribution is 0.103. The van der Waals surface area contributed by atoms with E-state index in [1.807, 2.05) is 0 Å². The van der Waals surface area contributed by atoms with E-state index in [2.05, 4.69) is 32.2 Å². The van der Waals surface area contributed by atoms with Crippen molar-refractivity contribution in [1.29, 1.82) is 0 Å². The molecule has 88 valence electrons. The molecule has 0 aromatic rings. The molecule has 0 aliphatic heterocycles. The van der Waals surface area contributed by atoms with E-state index >= 15 is 0 Å². The van der Waals surface area contributed by atoms with Crippen LogP contribution in [0.2, 0.25) is 0 Å². The van der Waals surface area contributed by atoms with Gasteiger partial charge < -0.3 is 10.4 Å². The summed E-state index contributed by atoms with van der Waals surface area (Å²) in [5.41, 5.74) is 1.32. The lowest BCUT2D eigenvalue weighted by atomic mass is 9.77. The maximum absolute atomic E-state index is 9.54. The maximum atomic E-state index is 9.54. The van der Waals surface area contributed by atoms with Gasteiger partial charge in [0, 0.05) is 12.1 Å². The van der Waals surface area contributed by atoms with Gasteiger partial charge in [-0.2, -0.15) is 0 Å². The van der Waals surface area contributed by atoms with E-state index in [-0.39, 0.29) is 12.1 Å². The zero-order valence-corrected chi connectivity index (χ0v) is 10.3. The highest BCUT2D eigenvalue weighted by molar-refractivity contribution is 4.99. The second kappa shape index (κ2) is 5.66. The third-order valence-electron chi connectivity index (χ3n) is 3.38. The van der Waals surface area contributed by atoms with Crippen molar-refractivity contribution in [2.45, 2.75) is 52.0 Å². The summed E-state index contributed by atoms with van der Waals surface area (Å²) in [6.07, 6.45) is 6.97. The average molecular weight is 211 g/mol. The van der Waals surface area contributed by atoms with Crippen LogP contribution in [0.15, 0.2) is 11.6 Å². The van der Waals surface area contributed by atoms with Gasteiger partial charge in [-0.25, -0.2) is 0 Å². The van der Waals surface area contributed by atoms with Gasteiger partial charge in [-0.3, -0.25) is 0 Å².